The number of rotatable bonds is 9. The second-order valence-corrected chi connectivity index (χ2v) is 8.82. The van der Waals surface area contributed by atoms with Gasteiger partial charge in [-0.1, -0.05) is 36.4 Å². The predicted octanol–water partition coefficient (Wildman–Crippen LogP) is 7.56. The Balaban J connectivity index is 1.47. The number of benzene rings is 2. The molecule has 0 amide bonds. The molecule has 2 heterocycles. The highest BCUT2D eigenvalue weighted by Crippen LogP contribution is 2.35. The molecule has 4 nitrogen and oxygen atoms in total. The van der Waals surface area contributed by atoms with Crippen LogP contribution in [0.5, 0.6) is 0 Å². The second kappa shape index (κ2) is 10.6. The summed E-state index contributed by atoms with van der Waals surface area (Å²) in [5.74, 6) is 0.115. The third-order valence-electron chi connectivity index (χ3n) is 5.23. The number of Topliss-reactive ketones (excluding diaryl/α,β-unsaturated/α-hetero) is 1. The molecule has 4 rings (SSSR count). The van der Waals surface area contributed by atoms with Crippen molar-refractivity contribution in [2.24, 2.45) is 0 Å². The van der Waals surface area contributed by atoms with Gasteiger partial charge in [-0.3, -0.25) is 9.78 Å². The smallest absolute Gasteiger partial charge is 0.332 e. The fraction of sp³-hybridized carbons (Fsp3) is 0.192. The standard InChI is InChI=1S/C26H22F3N3OS/c27-26(28,29)20-11-6-12-21(16-20)31-25-32-24(19-10-7-15-30-17-19)23(34-25)14-5-4-13-22(33)18-8-2-1-3-9-18/h1-3,6-12,15-17H,4-5,13-14H2,(H,31,32). The van der Waals surface area contributed by atoms with Crippen LogP contribution < -0.4 is 5.32 Å². The van der Waals surface area contributed by atoms with Gasteiger partial charge in [-0.2, -0.15) is 13.2 Å². The summed E-state index contributed by atoms with van der Waals surface area (Å²) in [5.41, 5.74) is 1.91. The number of carbonyl (C=O) groups excluding carboxylic acids is 1. The Hall–Kier alpha value is -3.52. The van der Waals surface area contributed by atoms with Crippen LogP contribution >= 0.6 is 11.3 Å². The number of aromatic nitrogens is 2. The van der Waals surface area contributed by atoms with E-state index < -0.39 is 11.7 Å². The lowest BCUT2D eigenvalue weighted by atomic mass is 10.0. The average Bonchev–Trinajstić information content (AvgIpc) is 3.25. The van der Waals surface area contributed by atoms with Crippen molar-refractivity contribution in [2.45, 2.75) is 31.9 Å². The van der Waals surface area contributed by atoms with Gasteiger partial charge in [0, 0.05) is 40.5 Å². The maximum absolute atomic E-state index is 13.1. The zero-order chi connectivity index (χ0) is 24.0. The Morgan fingerprint density at radius 3 is 2.53 bits per heavy atom. The van der Waals surface area contributed by atoms with E-state index in [1.807, 2.05) is 42.5 Å². The second-order valence-electron chi connectivity index (χ2n) is 7.73. The molecule has 2 aromatic carbocycles. The van der Waals surface area contributed by atoms with Gasteiger partial charge in [0.1, 0.15) is 0 Å². The number of ketones is 1. The van der Waals surface area contributed by atoms with Crippen molar-refractivity contribution in [1.82, 2.24) is 9.97 Å². The fourth-order valence-corrected chi connectivity index (χ4v) is 4.59. The first-order chi connectivity index (χ1) is 16.4. The van der Waals surface area contributed by atoms with Crippen molar-refractivity contribution in [3.05, 3.63) is 95.1 Å². The van der Waals surface area contributed by atoms with Gasteiger partial charge in [0.25, 0.3) is 0 Å². The van der Waals surface area contributed by atoms with Gasteiger partial charge in [0.2, 0.25) is 0 Å². The maximum Gasteiger partial charge on any atom is 0.416 e. The van der Waals surface area contributed by atoms with E-state index in [0.29, 0.717) is 29.2 Å². The molecule has 0 aliphatic carbocycles. The monoisotopic (exact) mass is 481 g/mol. The van der Waals surface area contributed by atoms with Crippen molar-refractivity contribution in [2.75, 3.05) is 5.32 Å². The zero-order valence-electron chi connectivity index (χ0n) is 18.2. The van der Waals surface area contributed by atoms with Crippen molar-refractivity contribution >= 4 is 27.9 Å². The third kappa shape index (κ3) is 6.08. The first-order valence-electron chi connectivity index (χ1n) is 10.8. The van der Waals surface area contributed by atoms with E-state index in [2.05, 4.69) is 15.3 Å². The lowest BCUT2D eigenvalue weighted by molar-refractivity contribution is -0.137. The molecule has 0 bridgehead atoms. The topological polar surface area (TPSA) is 54.9 Å². The summed E-state index contributed by atoms with van der Waals surface area (Å²) in [7, 11) is 0. The van der Waals surface area contributed by atoms with E-state index in [9.17, 15) is 18.0 Å². The molecular weight excluding hydrogens is 459 g/mol. The number of hydrogen-bond acceptors (Lipinski definition) is 5. The van der Waals surface area contributed by atoms with Gasteiger partial charge in [-0.05, 0) is 49.6 Å². The van der Waals surface area contributed by atoms with E-state index in [1.165, 1.54) is 17.4 Å². The van der Waals surface area contributed by atoms with E-state index in [1.54, 1.807) is 18.5 Å². The summed E-state index contributed by atoms with van der Waals surface area (Å²) in [5, 5.41) is 3.52. The lowest BCUT2D eigenvalue weighted by Gasteiger charge is -2.08. The summed E-state index contributed by atoms with van der Waals surface area (Å²) in [4.78, 5) is 22.1. The molecule has 0 saturated heterocycles. The molecule has 1 N–H and O–H groups in total. The van der Waals surface area contributed by atoms with E-state index in [4.69, 9.17) is 0 Å². The van der Waals surface area contributed by atoms with Gasteiger partial charge in [-0.15, -0.1) is 11.3 Å². The van der Waals surface area contributed by atoms with Crippen molar-refractivity contribution in [3.63, 3.8) is 0 Å². The van der Waals surface area contributed by atoms with Crippen LogP contribution in [0.4, 0.5) is 24.0 Å². The molecule has 0 fully saturated rings. The molecule has 0 aliphatic rings. The summed E-state index contributed by atoms with van der Waals surface area (Å²) in [6.07, 6.45) is 1.65. The Kier molecular flexibility index (Phi) is 7.37. The first-order valence-corrected chi connectivity index (χ1v) is 11.6. The molecule has 174 valence electrons. The van der Waals surface area contributed by atoms with Crippen LogP contribution in [0.1, 0.15) is 40.1 Å². The number of anilines is 2. The van der Waals surface area contributed by atoms with Crippen molar-refractivity contribution < 1.29 is 18.0 Å². The Bertz CT molecular complexity index is 1240. The number of unbranched alkanes of at least 4 members (excludes halogenated alkanes) is 1. The first kappa shape index (κ1) is 23.6. The maximum atomic E-state index is 13.1. The number of aryl methyl sites for hydroxylation is 1. The molecule has 0 atom stereocenters. The summed E-state index contributed by atoms with van der Waals surface area (Å²) in [6, 6.07) is 18.0. The predicted molar refractivity (Wildman–Crippen MR) is 128 cm³/mol. The van der Waals surface area contributed by atoms with Crippen molar-refractivity contribution in [1.29, 1.82) is 0 Å². The van der Waals surface area contributed by atoms with Gasteiger partial charge in [0.15, 0.2) is 10.9 Å². The molecule has 0 saturated carbocycles. The highest BCUT2D eigenvalue weighted by atomic mass is 32.1. The van der Waals surface area contributed by atoms with Crippen LogP contribution in [0, 0.1) is 0 Å². The van der Waals surface area contributed by atoms with Crippen LogP contribution in [0.25, 0.3) is 11.3 Å². The summed E-state index contributed by atoms with van der Waals surface area (Å²) in [6.45, 7) is 0. The number of nitrogens with one attached hydrogen (secondary N) is 1. The number of carbonyl (C=O) groups is 1. The lowest BCUT2D eigenvalue weighted by Crippen LogP contribution is -2.05. The normalized spacial score (nSPS) is 11.4. The number of halogens is 3. The van der Waals surface area contributed by atoms with Crippen LogP contribution in [-0.4, -0.2) is 15.8 Å². The molecular formula is C26H22F3N3OS. The number of hydrogen-bond donors (Lipinski definition) is 1. The fourth-order valence-electron chi connectivity index (χ4n) is 3.54. The highest BCUT2D eigenvalue weighted by molar-refractivity contribution is 7.16. The van der Waals surface area contributed by atoms with E-state index in [0.717, 1.165) is 41.1 Å². The molecule has 0 unspecified atom stereocenters. The third-order valence-corrected chi connectivity index (χ3v) is 6.26. The SMILES string of the molecule is O=C(CCCCc1sc(Nc2cccc(C(F)(F)F)c2)nc1-c1cccnc1)c1ccccc1. The number of pyridine rings is 1. The molecule has 34 heavy (non-hydrogen) atoms. The number of alkyl halides is 3. The molecule has 0 aliphatic heterocycles. The van der Waals surface area contributed by atoms with Gasteiger partial charge >= 0.3 is 6.18 Å². The molecule has 2 aromatic heterocycles. The van der Waals surface area contributed by atoms with Gasteiger partial charge < -0.3 is 5.32 Å². The minimum absolute atomic E-state index is 0.115. The highest BCUT2D eigenvalue weighted by Gasteiger charge is 2.30. The zero-order valence-corrected chi connectivity index (χ0v) is 19.0. The van der Waals surface area contributed by atoms with E-state index >= 15 is 0 Å². The Morgan fingerprint density at radius 2 is 1.79 bits per heavy atom. The Morgan fingerprint density at radius 1 is 0.971 bits per heavy atom. The molecule has 0 spiro atoms. The van der Waals surface area contributed by atoms with Crippen LogP contribution in [0.2, 0.25) is 0 Å². The quantitative estimate of drug-likeness (QED) is 0.198. The minimum Gasteiger partial charge on any atom is -0.332 e. The molecule has 8 heteroatoms. The van der Waals surface area contributed by atoms with Crippen LogP contribution in [0.3, 0.4) is 0 Å². The van der Waals surface area contributed by atoms with E-state index in [-0.39, 0.29) is 5.78 Å². The molecule has 4 aromatic rings. The largest absolute Gasteiger partial charge is 0.416 e. The van der Waals surface area contributed by atoms with Crippen LogP contribution in [0.15, 0.2) is 79.1 Å². The summed E-state index contributed by atoms with van der Waals surface area (Å²) < 4.78 is 39.2. The number of thiazole rings is 1. The molecule has 0 radical (unpaired) electrons. The number of nitrogens with zero attached hydrogens (tertiary/aromatic N) is 2. The minimum atomic E-state index is -4.41. The summed E-state index contributed by atoms with van der Waals surface area (Å²) >= 11 is 1.40. The average molecular weight is 482 g/mol. The van der Waals surface area contributed by atoms with Gasteiger partial charge in [-0.25, -0.2) is 4.98 Å². The van der Waals surface area contributed by atoms with Crippen molar-refractivity contribution in [3.8, 4) is 11.3 Å². The Labute approximate surface area is 199 Å². The van der Waals surface area contributed by atoms with Crippen LogP contribution in [-0.2, 0) is 12.6 Å². The van der Waals surface area contributed by atoms with Gasteiger partial charge in [0.05, 0.1) is 11.3 Å².